The van der Waals surface area contributed by atoms with Gasteiger partial charge in [0.2, 0.25) is 11.8 Å². The van der Waals surface area contributed by atoms with Gasteiger partial charge in [-0.25, -0.2) is 0 Å². The molecule has 2 aromatic rings. The number of nitrogens with one attached hydrogen (secondary N) is 3. The molecule has 0 unspecified atom stereocenters. The lowest BCUT2D eigenvalue weighted by atomic mass is 10.2. The second kappa shape index (κ2) is 9.57. The molecule has 3 amide bonds. The van der Waals surface area contributed by atoms with Gasteiger partial charge in [-0.15, -0.1) is 0 Å². The molecular weight excluding hydrogens is 391 g/mol. The maximum atomic E-state index is 12.0. The molecule has 7 nitrogen and oxygen atoms in total. The molecule has 0 spiro atoms. The number of rotatable bonds is 6. The van der Waals surface area contributed by atoms with Gasteiger partial charge in [0.25, 0.3) is 5.91 Å². The van der Waals surface area contributed by atoms with E-state index in [9.17, 15) is 14.4 Å². The normalized spacial score (nSPS) is 9.81. The van der Waals surface area contributed by atoms with Gasteiger partial charge in [-0.1, -0.05) is 29.3 Å². The lowest BCUT2D eigenvalue weighted by Crippen LogP contribution is -2.40. The number of nitrogens with zero attached hydrogens (tertiary/aromatic N) is 1. The SMILES string of the molecule is N#Cc1cccc(NC(=O)CNC(=O)CNC(=O)c2ccc(Cl)cc2Cl)c1. The molecule has 2 aromatic carbocycles. The number of nitriles is 1. The summed E-state index contributed by atoms with van der Waals surface area (Å²) in [5, 5.41) is 16.7. The Morgan fingerprint density at radius 3 is 2.41 bits per heavy atom. The molecular formula is C18H14Cl2N4O3. The lowest BCUT2D eigenvalue weighted by molar-refractivity contribution is -0.123. The van der Waals surface area contributed by atoms with Crippen molar-refractivity contribution in [2.45, 2.75) is 0 Å². The summed E-state index contributed by atoms with van der Waals surface area (Å²) in [4.78, 5) is 35.6. The van der Waals surface area contributed by atoms with Crippen LogP contribution in [0.1, 0.15) is 15.9 Å². The number of anilines is 1. The summed E-state index contributed by atoms with van der Waals surface area (Å²) in [7, 11) is 0. The highest BCUT2D eigenvalue weighted by molar-refractivity contribution is 6.36. The predicted molar refractivity (Wildman–Crippen MR) is 102 cm³/mol. The summed E-state index contributed by atoms with van der Waals surface area (Å²) >= 11 is 11.7. The summed E-state index contributed by atoms with van der Waals surface area (Å²) in [6, 6.07) is 12.7. The molecule has 0 aliphatic rings. The molecule has 0 radical (unpaired) electrons. The van der Waals surface area contributed by atoms with Gasteiger partial charge in [0.15, 0.2) is 0 Å². The van der Waals surface area contributed by atoms with E-state index in [2.05, 4.69) is 16.0 Å². The van der Waals surface area contributed by atoms with Crippen LogP contribution >= 0.6 is 23.2 Å². The molecule has 0 saturated heterocycles. The fraction of sp³-hybridized carbons (Fsp3) is 0.111. The Morgan fingerprint density at radius 2 is 1.70 bits per heavy atom. The first-order chi connectivity index (χ1) is 12.9. The molecule has 9 heteroatoms. The topological polar surface area (TPSA) is 111 Å². The van der Waals surface area contributed by atoms with Crippen molar-refractivity contribution in [3.63, 3.8) is 0 Å². The van der Waals surface area contributed by atoms with E-state index in [-0.39, 0.29) is 23.7 Å². The highest BCUT2D eigenvalue weighted by atomic mass is 35.5. The van der Waals surface area contributed by atoms with Gasteiger partial charge in [0.1, 0.15) is 0 Å². The zero-order chi connectivity index (χ0) is 19.8. The number of hydrogen-bond acceptors (Lipinski definition) is 4. The standard InChI is InChI=1S/C18H14Cl2N4O3/c19-12-4-5-14(15(20)7-12)18(27)23-9-16(25)22-10-17(26)24-13-3-1-2-11(6-13)8-21/h1-7H,9-10H2,(H,22,25)(H,23,27)(H,24,26). The summed E-state index contributed by atoms with van der Waals surface area (Å²) in [6.45, 7) is -0.609. The second-order valence-corrected chi connectivity index (χ2v) is 6.17. The minimum atomic E-state index is -0.547. The minimum absolute atomic E-state index is 0.166. The Morgan fingerprint density at radius 1 is 0.963 bits per heavy atom. The van der Waals surface area contributed by atoms with Crippen LogP contribution in [-0.2, 0) is 9.59 Å². The van der Waals surface area contributed by atoms with Crippen molar-refractivity contribution in [2.75, 3.05) is 18.4 Å². The first-order valence-electron chi connectivity index (χ1n) is 7.69. The van der Waals surface area contributed by atoms with E-state index in [4.69, 9.17) is 28.5 Å². The van der Waals surface area contributed by atoms with Gasteiger partial charge in [-0.3, -0.25) is 14.4 Å². The van der Waals surface area contributed by atoms with Crippen molar-refractivity contribution in [1.82, 2.24) is 10.6 Å². The van der Waals surface area contributed by atoms with Crippen LogP contribution in [0.15, 0.2) is 42.5 Å². The highest BCUT2D eigenvalue weighted by Gasteiger charge is 2.12. The molecule has 2 rings (SSSR count). The molecule has 27 heavy (non-hydrogen) atoms. The minimum Gasteiger partial charge on any atom is -0.345 e. The largest absolute Gasteiger partial charge is 0.345 e. The first kappa shape index (κ1) is 20.2. The van der Waals surface area contributed by atoms with Gasteiger partial charge in [0.05, 0.1) is 35.3 Å². The fourth-order valence-corrected chi connectivity index (χ4v) is 2.54. The van der Waals surface area contributed by atoms with Crippen LogP contribution in [0.3, 0.4) is 0 Å². The fourth-order valence-electron chi connectivity index (χ4n) is 2.04. The lowest BCUT2D eigenvalue weighted by Gasteiger charge is -2.09. The molecule has 0 heterocycles. The van der Waals surface area contributed by atoms with E-state index in [0.717, 1.165) is 0 Å². The van der Waals surface area contributed by atoms with E-state index in [0.29, 0.717) is 16.3 Å². The molecule has 0 aromatic heterocycles. The molecule has 0 aliphatic heterocycles. The van der Waals surface area contributed by atoms with Gasteiger partial charge < -0.3 is 16.0 Å². The molecule has 138 valence electrons. The van der Waals surface area contributed by atoms with Crippen LogP contribution in [-0.4, -0.2) is 30.8 Å². The van der Waals surface area contributed by atoms with Crippen LogP contribution in [0.4, 0.5) is 5.69 Å². The smallest absolute Gasteiger partial charge is 0.253 e. The van der Waals surface area contributed by atoms with Crippen LogP contribution in [0.2, 0.25) is 10.0 Å². The predicted octanol–water partition coefficient (Wildman–Crippen LogP) is 2.35. The number of carbonyl (C=O) groups is 3. The molecule has 0 saturated carbocycles. The third-order valence-corrected chi connectivity index (χ3v) is 3.85. The number of amides is 3. The Labute approximate surface area is 165 Å². The monoisotopic (exact) mass is 404 g/mol. The van der Waals surface area contributed by atoms with Crippen molar-refractivity contribution in [1.29, 1.82) is 5.26 Å². The van der Waals surface area contributed by atoms with Crippen molar-refractivity contribution in [3.05, 3.63) is 63.6 Å². The number of hydrogen-bond donors (Lipinski definition) is 3. The average Bonchev–Trinajstić information content (AvgIpc) is 2.64. The van der Waals surface area contributed by atoms with E-state index in [1.807, 2.05) is 6.07 Å². The Bertz CT molecular complexity index is 925. The zero-order valence-corrected chi connectivity index (χ0v) is 15.4. The number of benzene rings is 2. The van der Waals surface area contributed by atoms with Crippen LogP contribution < -0.4 is 16.0 Å². The van der Waals surface area contributed by atoms with Crippen molar-refractivity contribution in [2.24, 2.45) is 0 Å². The van der Waals surface area contributed by atoms with Crippen molar-refractivity contribution < 1.29 is 14.4 Å². The third kappa shape index (κ3) is 6.29. The quantitative estimate of drug-likeness (QED) is 0.685. The maximum absolute atomic E-state index is 12.0. The van der Waals surface area contributed by atoms with Crippen LogP contribution in [0, 0.1) is 11.3 Å². The van der Waals surface area contributed by atoms with Crippen LogP contribution in [0.5, 0.6) is 0 Å². The van der Waals surface area contributed by atoms with Crippen LogP contribution in [0.25, 0.3) is 0 Å². The molecule has 0 aliphatic carbocycles. The van der Waals surface area contributed by atoms with Crippen molar-refractivity contribution >= 4 is 46.6 Å². The third-order valence-electron chi connectivity index (χ3n) is 3.31. The van der Waals surface area contributed by atoms with Gasteiger partial charge in [-0.2, -0.15) is 5.26 Å². The summed E-state index contributed by atoms with van der Waals surface area (Å²) in [6.07, 6.45) is 0. The molecule has 0 bridgehead atoms. The van der Waals surface area contributed by atoms with E-state index >= 15 is 0 Å². The zero-order valence-electron chi connectivity index (χ0n) is 13.9. The Kier molecular flexibility index (Phi) is 7.17. The Hall–Kier alpha value is -3.08. The molecule has 3 N–H and O–H groups in total. The van der Waals surface area contributed by atoms with E-state index in [1.165, 1.54) is 24.3 Å². The first-order valence-corrected chi connectivity index (χ1v) is 8.44. The average molecular weight is 405 g/mol. The summed E-state index contributed by atoms with van der Waals surface area (Å²) in [5.74, 6) is -1.55. The summed E-state index contributed by atoms with van der Waals surface area (Å²) in [5.41, 5.74) is 1.03. The molecule has 0 fully saturated rings. The summed E-state index contributed by atoms with van der Waals surface area (Å²) < 4.78 is 0. The van der Waals surface area contributed by atoms with E-state index in [1.54, 1.807) is 18.2 Å². The molecule has 0 atom stereocenters. The van der Waals surface area contributed by atoms with Gasteiger partial charge in [-0.05, 0) is 36.4 Å². The Balaban J connectivity index is 1.77. The maximum Gasteiger partial charge on any atom is 0.253 e. The van der Waals surface area contributed by atoms with Gasteiger partial charge in [0, 0.05) is 10.7 Å². The van der Waals surface area contributed by atoms with Crippen molar-refractivity contribution in [3.8, 4) is 6.07 Å². The highest BCUT2D eigenvalue weighted by Crippen LogP contribution is 2.20. The van der Waals surface area contributed by atoms with Gasteiger partial charge >= 0.3 is 0 Å². The number of halogens is 2. The second-order valence-electron chi connectivity index (χ2n) is 5.32. The van der Waals surface area contributed by atoms with E-state index < -0.39 is 17.7 Å². The number of carbonyl (C=O) groups excluding carboxylic acids is 3.